The topological polar surface area (TPSA) is 40.5 Å². The van der Waals surface area contributed by atoms with Crippen molar-refractivity contribution in [2.24, 2.45) is 0 Å². The van der Waals surface area contributed by atoms with Crippen LogP contribution in [0.5, 0.6) is 0 Å². The summed E-state index contributed by atoms with van der Waals surface area (Å²) in [4.78, 5) is 14.3. The van der Waals surface area contributed by atoms with Gasteiger partial charge in [-0.3, -0.25) is 4.79 Å². The molecule has 0 aromatic heterocycles. The van der Waals surface area contributed by atoms with Crippen LogP contribution < -0.4 is 0 Å². The fraction of sp³-hybridized carbons (Fsp3) is 0.533. The van der Waals surface area contributed by atoms with Crippen LogP contribution >= 0.6 is 0 Å². The minimum Gasteiger partial charge on any atom is -0.391 e. The molecule has 1 heterocycles. The van der Waals surface area contributed by atoms with Gasteiger partial charge in [0.2, 0.25) is 0 Å². The molecule has 1 unspecified atom stereocenters. The van der Waals surface area contributed by atoms with Crippen molar-refractivity contribution < 1.29 is 9.90 Å². The van der Waals surface area contributed by atoms with E-state index in [0.717, 1.165) is 36.1 Å². The number of hydrogen-bond acceptors (Lipinski definition) is 2. The van der Waals surface area contributed by atoms with Crippen molar-refractivity contribution in [3.63, 3.8) is 0 Å². The fourth-order valence-electron chi connectivity index (χ4n) is 2.81. The Balaban J connectivity index is 2.28. The lowest BCUT2D eigenvalue weighted by Crippen LogP contribution is -2.42. The molecule has 1 aliphatic rings. The Hall–Kier alpha value is -1.35. The second-order valence-electron chi connectivity index (χ2n) is 5.32. The van der Waals surface area contributed by atoms with E-state index in [9.17, 15) is 9.90 Å². The third kappa shape index (κ3) is 2.56. The Kier molecular flexibility index (Phi) is 3.71. The molecule has 1 amide bonds. The first-order chi connectivity index (χ1) is 8.49. The van der Waals surface area contributed by atoms with Gasteiger partial charge in [-0.25, -0.2) is 0 Å². The highest BCUT2D eigenvalue weighted by molar-refractivity contribution is 5.97. The number of piperidine rings is 1. The molecule has 3 nitrogen and oxygen atoms in total. The quantitative estimate of drug-likeness (QED) is 0.826. The van der Waals surface area contributed by atoms with Gasteiger partial charge in [-0.2, -0.15) is 0 Å². The minimum absolute atomic E-state index is 0.0590. The van der Waals surface area contributed by atoms with Crippen molar-refractivity contribution in [2.75, 3.05) is 13.1 Å². The van der Waals surface area contributed by atoms with Crippen LogP contribution in [0.1, 0.15) is 39.9 Å². The zero-order valence-electron chi connectivity index (χ0n) is 11.4. The van der Waals surface area contributed by atoms with Gasteiger partial charge in [-0.15, -0.1) is 0 Å². The van der Waals surface area contributed by atoms with Crippen molar-refractivity contribution in [3.05, 3.63) is 34.4 Å². The molecule has 1 aliphatic heterocycles. The first kappa shape index (κ1) is 13.1. The van der Waals surface area contributed by atoms with Gasteiger partial charge in [0, 0.05) is 18.7 Å². The second-order valence-corrected chi connectivity index (χ2v) is 5.32. The number of aliphatic hydroxyl groups excluding tert-OH is 1. The highest BCUT2D eigenvalue weighted by Crippen LogP contribution is 2.20. The standard InChI is InChI=1S/C15H21NO2/c1-10-7-11(2)14(12(3)8-10)15(18)16-6-4-5-13(17)9-16/h7-8,13,17H,4-6,9H2,1-3H3. The van der Waals surface area contributed by atoms with Crippen molar-refractivity contribution >= 4 is 5.91 Å². The third-order valence-electron chi connectivity index (χ3n) is 3.57. The lowest BCUT2D eigenvalue weighted by molar-refractivity contribution is 0.0472. The highest BCUT2D eigenvalue weighted by Gasteiger charge is 2.25. The molecule has 1 fully saturated rings. The summed E-state index contributed by atoms with van der Waals surface area (Å²) in [7, 11) is 0. The van der Waals surface area contributed by atoms with Crippen LogP contribution in [0.25, 0.3) is 0 Å². The molecule has 1 saturated heterocycles. The number of carbonyl (C=O) groups is 1. The van der Waals surface area contributed by atoms with E-state index in [4.69, 9.17) is 0 Å². The molecule has 0 saturated carbocycles. The molecule has 1 N–H and O–H groups in total. The van der Waals surface area contributed by atoms with Crippen LogP contribution in [0.3, 0.4) is 0 Å². The van der Waals surface area contributed by atoms with E-state index in [1.165, 1.54) is 5.56 Å². The minimum atomic E-state index is -0.367. The summed E-state index contributed by atoms with van der Waals surface area (Å²) in [6.07, 6.45) is 1.32. The molecule has 0 spiro atoms. The zero-order valence-corrected chi connectivity index (χ0v) is 11.4. The number of carbonyl (C=O) groups excluding carboxylic acids is 1. The van der Waals surface area contributed by atoms with E-state index >= 15 is 0 Å². The summed E-state index contributed by atoms with van der Waals surface area (Å²) in [5, 5.41) is 9.66. The van der Waals surface area contributed by atoms with E-state index in [1.807, 2.05) is 32.9 Å². The van der Waals surface area contributed by atoms with Crippen molar-refractivity contribution in [2.45, 2.75) is 39.7 Å². The smallest absolute Gasteiger partial charge is 0.254 e. The third-order valence-corrected chi connectivity index (χ3v) is 3.57. The van der Waals surface area contributed by atoms with Crippen LogP contribution in [-0.4, -0.2) is 35.1 Å². The number of aliphatic hydroxyl groups is 1. The monoisotopic (exact) mass is 247 g/mol. The van der Waals surface area contributed by atoms with Gasteiger partial charge in [-0.05, 0) is 44.7 Å². The highest BCUT2D eigenvalue weighted by atomic mass is 16.3. The van der Waals surface area contributed by atoms with Crippen molar-refractivity contribution in [1.82, 2.24) is 4.90 Å². The van der Waals surface area contributed by atoms with Crippen molar-refractivity contribution in [3.8, 4) is 0 Å². The summed E-state index contributed by atoms with van der Waals surface area (Å²) in [6.45, 7) is 7.22. The molecular weight excluding hydrogens is 226 g/mol. The lowest BCUT2D eigenvalue weighted by Gasteiger charge is -2.31. The molecule has 2 rings (SSSR count). The molecule has 1 aromatic rings. The Bertz CT molecular complexity index is 445. The van der Waals surface area contributed by atoms with Gasteiger partial charge in [0.15, 0.2) is 0 Å². The number of benzene rings is 1. The average Bonchev–Trinajstić information content (AvgIpc) is 2.27. The first-order valence-electron chi connectivity index (χ1n) is 6.54. The molecule has 3 heteroatoms. The predicted octanol–water partition coefficient (Wildman–Crippen LogP) is 2.21. The maximum absolute atomic E-state index is 12.5. The summed E-state index contributed by atoms with van der Waals surface area (Å²) in [5.74, 6) is 0.0590. The predicted molar refractivity (Wildman–Crippen MR) is 71.8 cm³/mol. The maximum atomic E-state index is 12.5. The zero-order chi connectivity index (χ0) is 13.3. The average molecular weight is 247 g/mol. The van der Waals surface area contributed by atoms with Gasteiger partial charge in [0.25, 0.3) is 5.91 Å². The van der Waals surface area contributed by atoms with Crippen molar-refractivity contribution in [1.29, 1.82) is 0 Å². The van der Waals surface area contributed by atoms with Crippen LogP contribution in [0, 0.1) is 20.8 Å². The molecular formula is C15H21NO2. The van der Waals surface area contributed by atoms with Crippen LogP contribution in [-0.2, 0) is 0 Å². The molecule has 1 atom stereocenters. The maximum Gasteiger partial charge on any atom is 0.254 e. The molecule has 0 bridgehead atoms. The first-order valence-corrected chi connectivity index (χ1v) is 6.54. The van der Waals surface area contributed by atoms with Crippen LogP contribution in [0.2, 0.25) is 0 Å². The number of nitrogens with zero attached hydrogens (tertiary/aromatic N) is 1. The Morgan fingerprint density at radius 3 is 2.44 bits per heavy atom. The summed E-state index contributed by atoms with van der Waals surface area (Å²) in [5.41, 5.74) is 4.03. The van der Waals surface area contributed by atoms with Gasteiger partial charge in [0.05, 0.1) is 6.10 Å². The fourth-order valence-corrected chi connectivity index (χ4v) is 2.81. The Morgan fingerprint density at radius 2 is 1.89 bits per heavy atom. The lowest BCUT2D eigenvalue weighted by atomic mass is 9.97. The van der Waals surface area contributed by atoms with Gasteiger partial charge in [0.1, 0.15) is 0 Å². The second kappa shape index (κ2) is 5.11. The molecule has 0 radical (unpaired) electrons. The van der Waals surface area contributed by atoms with E-state index < -0.39 is 0 Å². The number of β-amino-alcohol motifs (C(OH)–C–C–N with tert-alkyl or cyclic N) is 1. The Morgan fingerprint density at radius 1 is 1.28 bits per heavy atom. The Labute approximate surface area is 108 Å². The van der Waals surface area contributed by atoms with Crippen LogP contribution in [0.15, 0.2) is 12.1 Å². The van der Waals surface area contributed by atoms with Gasteiger partial charge in [-0.1, -0.05) is 17.7 Å². The summed E-state index contributed by atoms with van der Waals surface area (Å²) >= 11 is 0. The number of amides is 1. The summed E-state index contributed by atoms with van der Waals surface area (Å²) < 4.78 is 0. The SMILES string of the molecule is Cc1cc(C)c(C(=O)N2CCCC(O)C2)c(C)c1. The van der Waals surface area contributed by atoms with Gasteiger partial charge >= 0.3 is 0 Å². The number of aryl methyl sites for hydroxylation is 3. The molecule has 98 valence electrons. The van der Waals surface area contributed by atoms with Gasteiger partial charge < -0.3 is 10.0 Å². The number of rotatable bonds is 1. The number of likely N-dealkylation sites (tertiary alicyclic amines) is 1. The van der Waals surface area contributed by atoms with Crippen LogP contribution in [0.4, 0.5) is 0 Å². The molecule has 1 aromatic carbocycles. The largest absolute Gasteiger partial charge is 0.391 e. The molecule has 0 aliphatic carbocycles. The summed E-state index contributed by atoms with van der Waals surface area (Å²) in [6, 6.07) is 4.08. The normalized spacial score (nSPS) is 20.0. The van der Waals surface area contributed by atoms with E-state index in [-0.39, 0.29) is 12.0 Å². The van der Waals surface area contributed by atoms with E-state index in [1.54, 1.807) is 4.90 Å². The molecule has 18 heavy (non-hydrogen) atoms. The number of hydrogen-bond donors (Lipinski definition) is 1. The van der Waals surface area contributed by atoms with E-state index in [0.29, 0.717) is 6.54 Å². The van der Waals surface area contributed by atoms with E-state index in [2.05, 4.69) is 0 Å².